The fourth-order valence-corrected chi connectivity index (χ4v) is 5.05. The summed E-state index contributed by atoms with van der Waals surface area (Å²) in [6.07, 6.45) is 0. The van der Waals surface area contributed by atoms with E-state index in [4.69, 9.17) is 21.4 Å². The van der Waals surface area contributed by atoms with Crippen LogP contribution >= 0.6 is 21.4 Å². The van der Waals surface area contributed by atoms with Crippen LogP contribution in [0.5, 0.6) is 0 Å². The smallest absolute Gasteiger partial charge is 0.320 e. The molecule has 0 fully saturated rings. The summed E-state index contributed by atoms with van der Waals surface area (Å²) in [4.78, 5) is 14.7. The number of aromatic nitrogens is 2. The van der Waals surface area contributed by atoms with Gasteiger partial charge >= 0.3 is 9.24 Å². The van der Waals surface area contributed by atoms with Crippen molar-refractivity contribution >= 4 is 72.4 Å². The molecule has 4 rings (SSSR count). The third-order valence-corrected chi connectivity index (χ3v) is 6.64. The van der Waals surface area contributed by atoms with Gasteiger partial charge in [0.2, 0.25) is 0 Å². The molecular weight excluding hydrogens is 423 g/mol. The molecule has 2 aromatic carbocycles. The van der Waals surface area contributed by atoms with E-state index in [9.17, 15) is 21.6 Å². The average Bonchev–Trinajstić information content (AvgIpc) is 2.88. The molecule has 2 aromatic heterocycles. The van der Waals surface area contributed by atoms with Crippen molar-refractivity contribution in [2.75, 3.05) is 0 Å². The van der Waals surface area contributed by atoms with Crippen LogP contribution in [0.25, 0.3) is 32.7 Å². The lowest BCUT2D eigenvalue weighted by Crippen LogP contribution is -2.09. The minimum absolute atomic E-state index is 0.0104. The highest BCUT2D eigenvalue weighted by Crippen LogP contribution is 2.35. The third kappa shape index (κ3) is 2.50. The number of fused-ring (bicyclic) bond motifs is 5. The van der Waals surface area contributed by atoms with E-state index in [-0.39, 0.29) is 26.8 Å². The lowest BCUT2D eigenvalue weighted by atomic mass is 10.1. The second kappa shape index (κ2) is 5.46. The molecule has 2 heterocycles. The molecule has 4 aromatic rings. The Balaban J connectivity index is 2.40. The quantitative estimate of drug-likeness (QED) is 0.492. The maximum atomic E-state index is 12.4. The first-order chi connectivity index (χ1) is 12.1. The zero-order valence-corrected chi connectivity index (χ0v) is 15.7. The maximum absolute atomic E-state index is 12.4. The number of rotatable bonds is 2. The van der Waals surface area contributed by atoms with E-state index in [1.165, 1.54) is 12.1 Å². The second-order valence-corrected chi connectivity index (χ2v) is 10.5. The van der Waals surface area contributed by atoms with Crippen LogP contribution in [0.2, 0.25) is 0 Å². The van der Waals surface area contributed by atoms with Gasteiger partial charge in [0.1, 0.15) is 0 Å². The summed E-state index contributed by atoms with van der Waals surface area (Å²) in [6.45, 7) is 0. The van der Waals surface area contributed by atoms with Gasteiger partial charge in [0.15, 0.2) is 0 Å². The summed E-state index contributed by atoms with van der Waals surface area (Å²) >= 11 is 0. The van der Waals surface area contributed by atoms with Gasteiger partial charge in [0, 0.05) is 37.5 Å². The predicted molar refractivity (Wildman–Crippen MR) is 101 cm³/mol. The molecular formula is C15H8Cl2N2O5S2. The van der Waals surface area contributed by atoms with E-state index in [1.807, 2.05) is 0 Å². The SMILES string of the molecule is O=c1[nH]c2c3ccc(S(=O)(=O)Cl)cc3n(S(=O)(=O)Cl)c2c2ccccc12. The summed E-state index contributed by atoms with van der Waals surface area (Å²) in [7, 11) is 2.55. The van der Waals surface area contributed by atoms with Gasteiger partial charge in [0.05, 0.1) is 21.4 Å². The van der Waals surface area contributed by atoms with Gasteiger partial charge in [-0.25, -0.2) is 12.4 Å². The van der Waals surface area contributed by atoms with E-state index < -0.39 is 23.8 Å². The fraction of sp³-hybridized carbons (Fsp3) is 0. The molecule has 7 nitrogen and oxygen atoms in total. The van der Waals surface area contributed by atoms with Crippen molar-refractivity contribution in [3.63, 3.8) is 0 Å². The first-order valence-electron chi connectivity index (χ1n) is 7.08. The number of H-pyrrole nitrogens is 1. The number of nitrogens with one attached hydrogen (secondary N) is 1. The first kappa shape index (κ1) is 17.3. The summed E-state index contributed by atoms with van der Waals surface area (Å²) in [5, 5.41) is 0.952. The molecule has 1 N–H and O–H groups in total. The number of pyridine rings is 1. The second-order valence-electron chi connectivity index (χ2n) is 5.55. The molecule has 0 atom stereocenters. The zero-order valence-electron chi connectivity index (χ0n) is 12.6. The van der Waals surface area contributed by atoms with Gasteiger partial charge in [-0.2, -0.15) is 8.42 Å². The van der Waals surface area contributed by atoms with Crippen LogP contribution in [0.4, 0.5) is 0 Å². The largest absolute Gasteiger partial charge is 0.326 e. The predicted octanol–water partition coefficient (Wildman–Crippen LogP) is 2.90. The van der Waals surface area contributed by atoms with E-state index >= 15 is 0 Å². The van der Waals surface area contributed by atoms with Crippen molar-refractivity contribution < 1.29 is 16.8 Å². The van der Waals surface area contributed by atoms with Crippen LogP contribution in [0.3, 0.4) is 0 Å². The molecule has 0 aliphatic heterocycles. The summed E-state index contributed by atoms with van der Waals surface area (Å²) in [5.74, 6) is 0. The lowest BCUT2D eigenvalue weighted by molar-refractivity contribution is 0.603. The lowest BCUT2D eigenvalue weighted by Gasteiger charge is -2.05. The Morgan fingerprint density at radius 3 is 2.15 bits per heavy atom. The van der Waals surface area contributed by atoms with Crippen molar-refractivity contribution in [1.29, 1.82) is 0 Å². The van der Waals surface area contributed by atoms with Crippen molar-refractivity contribution in [2.45, 2.75) is 4.90 Å². The minimum Gasteiger partial charge on any atom is -0.320 e. The van der Waals surface area contributed by atoms with Crippen LogP contribution < -0.4 is 5.56 Å². The van der Waals surface area contributed by atoms with Crippen LogP contribution in [0, 0.1) is 0 Å². The Morgan fingerprint density at radius 1 is 0.885 bits per heavy atom. The van der Waals surface area contributed by atoms with Crippen molar-refractivity contribution in [1.82, 2.24) is 8.96 Å². The van der Waals surface area contributed by atoms with Crippen molar-refractivity contribution in [3.05, 3.63) is 52.8 Å². The Bertz CT molecular complexity index is 1500. The molecule has 0 saturated heterocycles. The van der Waals surface area contributed by atoms with Gasteiger partial charge in [-0.15, -0.1) is 0 Å². The summed E-state index contributed by atoms with van der Waals surface area (Å²) < 4.78 is 48.6. The van der Waals surface area contributed by atoms with Crippen molar-refractivity contribution in [2.24, 2.45) is 0 Å². The normalized spacial score (nSPS) is 13.0. The Kier molecular flexibility index (Phi) is 3.65. The summed E-state index contributed by atoms with van der Waals surface area (Å²) in [5.41, 5.74) is -0.0438. The first-order valence-corrected chi connectivity index (χ1v) is 11.7. The van der Waals surface area contributed by atoms with Crippen molar-refractivity contribution in [3.8, 4) is 0 Å². The fourth-order valence-electron chi connectivity index (χ4n) is 3.06. The number of hydrogen-bond donors (Lipinski definition) is 1. The van der Waals surface area contributed by atoms with Gasteiger partial charge in [-0.05, 0) is 24.3 Å². The van der Waals surface area contributed by atoms with Crippen LogP contribution in [0.15, 0.2) is 52.2 Å². The topological polar surface area (TPSA) is 106 Å². The van der Waals surface area contributed by atoms with E-state index in [0.29, 0.717) is 10.8 Å². The van der Waals surface area contributed by atoms with E-state index in [2.05, 4.69) is 4.98 Å². The number of halogens is 2. The Morgan fingerprint density at radius 2 is 1.54 bits per heavy atom. The zero-order chi connectivity index (χ0) is 18.9. The van der Waals surface area contributed by atoms with E-state index in [0.717, 1.165) is 10.0 Å². The van der Waals surface area contributed by atoms with Gasteiger partial charge in [0.25, 0.3) is 14.6 Å². The Hall–Kier alpha value is -2.07. The molecule has 0 spiro atoms. The highest BCUT2D eigenvalue weighted by molar-refractivity contribution is 8.13. The molecule has 11 heteroatoms. The molecule has 0 aliphatic carbocycles. The van der Waals surface area contributed by atoms with Crippen LogP contribution in [-0.2, 0) is 18.3 Å². The maximum Gasteiger partial charge on any atom is 0.326 e. The molecule has 0 aliphatic rings. The number of nitrogens with zero attached hydrogens (tertiary/aromatic N) is 1. The van der Waals surface area contributed by atoms with Gasteiger partial charge in [-0.3, -0.25) is 4.79 Å². The minimum atomic E-state index is -4.35. The molecule has 0 amide bonds. The highest BCUT2D eigenvalue weighted by atomic mass is 35.7. The van der Waals surface area contributed by atoms with Crippen LogP contribution in [-0.4, -0.2) is 25.8 Å². The number of aromatic amines is 1. The van der Waals surface area contributed by atoms with E-state index in [1.54, 1.807) is 24.3 Å². The molecule has 0 radical (unpaired) electrons. The molecule has 0 saturated carbocycles. The highest BCUT2D eigenvalue weighted by Gasteiger charge is 2.24. The number of benzene rings is 2. The third-order valence-electron chi connectivity index (χ3n) is 4.06. The molecule has 0 unspecified atom stereocenters. The standard InChI is InChI=1S/C15H8Cl2N2O5S2/c16-25(21,22)8-5-6-11-12(7-8)19(26(17,23)24)14-9-3-1-2-4-10(9)15(20)18-13(11)14/h1-7H,(H,18,20). The molecule has 26 heavy (non-hydrogen) atoms. The van der Waals surface area contributed by atoms with Gasteiger partial charge < -0.3 is 4.98 Å². The molecule has 0 bridgehead atoms. The monoisotopic (exact) mass is 430 g/mol. The molecule has 134 valence electrons. The summed E-state index contributed by atoms with van der Waals surface area (Å²) in [6, 6.07) is 10.1. The van der Waals surface area contributed by atoms with Crippen LogP contribution in [0.1, 0.15) is 0 Å². The van der Waals surface area contributed by atoms with Gasteiger partial charge in [-0.1, -0.05) is 18.2 Å². The Labute approximate surface area is 155 Å². The number of hydrogen-bond acceptors (Lipinski definition) is 5. The average molecular weight is 431 g/mol.